The van der Waals surface area contributed by atoms with E-state index in [4.69, 9.17) is 5.73 Å². The monoisotopic (exact) mass is 193 g/mol. The molecule has 0 saturated heterocycles. The second kappa shape index (κ2) is 4.26. The predicted molar refractivity (Wildman–Crippen MR) is 47.4 cm³/mol. The Morgan fingerprint density at radius 1 is 1.33 bits per heavy atom. The molecule has 4 heteroatoms. The highest BCUT2D eigenvalue weighted by atomic mass is 35.5. The number of rotatable bonds is 1. The number of hydrogen-bond donors (Lipinski definition) is 1. The van der Waals surface area contributed by atoms with Crippen molar-refractivity contribution in [2.24, 2.45) is 0 Å². The summed E-state index contributed by atoms with van der Waals surface area (Å²) >= 11 is 0. The van der Waals surface area contributed by atoms with Gasteiger partial charge in [-0.3, -0.25) is 0 Å². The molecule has 1 nitrogen and oxygen atoms in total. The lowest BCUT2D eigenvalue weighted by atomic mass is 10.1. The first-order chi connectivity index (χ1) is 5.16. The van der Waals surface area contributed by atoms with Gasteiger partial charge in [0.05, 0.1) is 0 Å². The lowest BCUT2D eigenvalue weighted by molar-refractivity contribution is 0.582. The van der Waals surface area contributed by atoms with Crippen molar-refractivity contribution in [1.82, 2.24) is 0 Å². The molecule has 12 heavy (non-hydrogen) atoms. The Balaban J connectivity index is 0.00000121. The topological polar surface area (TPSA) is 26.0 Å². The molecule has 68 valence electrons. The van der Waals surface area contributed by atoms with E-state index in [9.17, 15) is 8.78 Å². The van der Waals surface area contributed by atoms with E-state index in [1.807, 2.05) is 0 Å². The molecule has 0 fully saturated rings. The molecule has 0 radical (unpaired) electrons. The molecule has 1 aromatic rings. The van der Waals surface area contributed by atoms with Gasteiger partial charge in [0.2, 0.25) is 0 Å². The molecular weight excluding hydrogens is 184 g/mol. The van der Waals surface area contributed by atoms with E-state index in [1.54, 1.807) is 6.92 Å². The lowest BCUT2D eigenvalue weighted by Crippen LogP contribution is -1.98. The van der Waals surface area contributed by atoms with Crippen molar-refractivity contribution in [2.75, 3.05) is 5.73 Å². The first-order valence-electron chi connectivity index (χ1n) is 3.39. The normalized spacial score (nSPS) is 9.25. The van der Waals surface area contributed by atoms with Crippen LogP contribution in [0.2, 0.25) is 0 Å². The lowest BCUT2D eigenvalue weighted by Gasteiger charge is -2.02. The number of benzene rings is 1. The van der Waals surface area contributed by atoms with Crippen molar-refractivity contribution in [3.8, 4) is 0 Å². The Morgan fingerprint density at radius 2 is 1.92 bits per heavy atom. The fourth-order valence-corrected chi connectivity index (χ4v) is 0.888. The van der Waals surface area contributed by atoms with Crippen molar-refractivity contribution in [3.05, 3.63) is 29.3 Å². The van der Waals surface area contributed by atoms with Gasteiger partial charge in [-0.2, -0.15) is 0 Å². The first kappa shape index (κ1) is 11.2. The Bertz CT molecular complexity index is 276. The van der Waals surface area contributed by atoms with E-state index >= 15 is 0 Å². The summed E-state index contributed by atoms with van der Waals surface area (Å²) in [4.78, 5) is 0. The van der Waals surface area contributed by atoms with Crippen molar-refractivity contribution >= 4 is 18.1 Å². The summed E-state index contributed by atoms with van der Waals surface area (Å²) in [6.07, 6.45) is 0.524. The second-order valence-corrected chi connectivity index (χ2v) is 2.29. The molecule has 1 aromatic carbocycles. The van der Waals surface area contributed by atoms with E-state index in [1.165, 1.54) is 12.1 Å². The maximum atomic E-state index is 12.9. The van der Waals surface area contributed by atoms with Gasteiger partial charge in [-0.15, -0.1) is 12.4 Å². The molecule has 0 spiro atoms. The van der Waals surface area contributed by atoms with Gasteiger partial charge in [0.25, 0.3) is 0 Å². The van der Waals surface area contributed by atoms with Gasteiger partial charge in [-0.1, -0.05) is 13.0 Å². The summed E-state index contributed by atoms with van der Waals surface area (Å²) in [5.41, 5.74) is 5.17. The van der Waals surface area contributed by atoms with Gasteiger partial charge >= 0.3 is 0 Å². The van der Waals surface area contributed by atoms with E-state index in [2.05, 4.69) is 0 Å². The Labute approximate surface area is 76.0 Å². The molecule has 0 aliphatic carbocycles. The Kier molecular flexibility index (Phi) is 3.96. The highest BCUT2D eigenvalue weighted by Crippen LogP contribution is 2.18. The molecule has 0 saturated carbocycles. The fraction of sp³-hybridized carbons (Fsp3) is 0.250. The van der Waals surface area contributed by atoms with Crippen LogP contribution in [-0.2, 0) is 6.42 Å². The van der Waals surface area contributed by atoms with Crippen LogP contribution in [0, 0.1) is 11.6 Å². The molecule has 0 atom stereocenters. The third-order valence-electron chi connectivity index (χ3n) is 1.59. The zero-order valence-electron chi connectivity index (χ0n) is 6.60. The number of aryl methyl sites for hydroxylation is 1. The smallest absolute Gasteiger partial charge is 0.152 e. The minimum absolute atomic E-state index is 0. The summed E-state index contributed by atoms with van der Waals surface area (Å²) in [6.45, 7) is 1.79. The largest absolute Gasteiger partial charge is 0.394 e. The maximum Gasteiger partial charge on any atom is 0.152 e. The van der Waals surface area contributed by atoms with Crippen LogP contribution in [0.4, 0.5) is 14.5 Å². The Hall–Kier alpha value is -0.830. The van der Waals surface area contributed by atoms with Gasteiger partial charge in [0.1, 0.15) is 11.5 Å². The minimum atomic E-state index is -0.695. The highest BCUT2D eigenvalue weighted by Gasteiger charge is 2.07. The van der Waals surface area contributed by atoms with Crippen molar-refractivity contribution < 1.29 is 8.78 Å². The zero-order valence-corrected chi connectivity index (χ0v) is 7.42. The molecule has 0 aliphatic rings. The molecule has 1 rings (SSSR count). The SMILES string of the molecule is CCc1ccc(F)c(N)c1F.Cl. The van der Waals surface area contributed by atoms with Gasteiger partial charge < -0.3 is 5.73 Å². The molecule has 2 N–H and O–H groups in total. The summed E-state index contributed by atoms with van der Waals surface area (Å²) < 4.78 is 25.4. The van der Waals surface area contributed by atoms with Crippen molar-refractivity contribution in [1.29, 1.82) is 0 Å². The standard InChI is InChI=1S/C8H9F2N.ClH/c1-2-5-3-4-6(9)8(11)7(5)10;/h3-4H,2,11H2,1H3;1H. The number of anilines is 1. The van der Waals surface area contributed by atoms with Crippen molar-refractivity contribution in [2.45, 2.75) is 13.3 Å². The third kappa shape index (κ3) is 1.85. The quantitative estimate of drug-likeness (QED) is 0.682. The van der Waals surface area contributed by atoms with Crippen LogP contribution >= 0.6 is 12.4 Å². The van der Waals surface area contributed by atoms with Gasteiger partial charge in [-0.05, 0) is 18.1 Å². The fourth-order valence-electron chi connectivity index (χ4n) is 0.888. The molecule has 0 amide bonds. The summed E-state index contributed by atoms with van der Waals surface area (Å²) in [5.74, 6) is -1.33. The molecule has 0 unspecified atom stereocenters. The average Bonchev–Trinajstić information content (AvgIpc) is 2.01. The molecule has 0 bridgehead atoms. The predicted octanol–water partition coefficient (Wildman–Crippen LogP) is 2.53. The molecule has 0 aromatic heterocycles. The molecular formula is C8H10ClF2N. The number of nitrogens with two attached hydrogens (primary N) is 1. The zero-order chi connectivity index (χ0) is 8.43. The number of nitrogen functional groups attached to an aromatic ring is 1. The summed E-state index contributed by atoms with van der Waals surface area (Å²) in [6, 6.07) is 2.58. The van der Waals surface area contributed by atoms with Gasteiger partial charge in [0, 0.05) is 0 Å². The van der Waals surface area contributed by atoms with Gasteiger partial charge in [0.15, 0.2) is 5.82 Å². The van der Waals surface area contributed by atoms with Crippen LogP contribution in [-0.4, -0.2) is 0 Å². The van der Waals surface area contributed by atoms with Crippen LogP contribution in [0.1, 0.15) is 12.5 Å². The first-order valence-corrected chi connectivity index (χ1v) is 3.39. The summed E-state index contributed by atoms with van der Waals surface area (Å²) in [5, 5.41) is 0. The second-order valence-electron chi connectivity index (χ2n) is 2.29. The van der Waals surface area contributed by atoms with Crippen LogP contribution < -0.4 is 5.73 Å². The van der Waals surface area contributed by atoms with Crippen LogP contribution in [0.5, 0.6) is 0 Å². The van der Waals surface area contributed by atoms with Crippen LogP contribution in [0.15, 0.2) is 12.1 Å². The maximum absolute atomic E-state index is 12.9. The Morgan fingerprint density at radius 3 is 2.42 bits per heavy atom. The summed E-state index contributed by atoms with van der Waals surface area (Å²) in [7, 11) is 0. The van der Waals surface area contributed by atoms with E-state index in [0.29, 0.717) is 12.0 Å². The number of hydrogen-bond acceptors (Lipinski definition) is 1. The van der Waals surface area contributed by atoms with Crippen LogP contribution in [0.3, 0.4) is 0 Å². The van der Waals surface area contributed by atoms with Crippen LogP contribution in [0.25, 0.3) is 0 Å². The molecule has 0 aliphatic heterocycles. The highest BCUT2D eigenvalue weighted by molar-refractivity contribution is 5.85. The minimum Gasteiger partial charge on any atom is -0.394 e. The van der Waals surface area contributed by atoms with E-state index in [-0.39, 0.29) is 18.1 Å². The molecule has 0 heterocycles. The van der Waals surface area contributed by atoms with E-state index in [0.717, 1.165) is 0 Å². The average molecular weight is 194 g/mol. The number of halogens is 3. The van der Waals surface area contributed by atoms with Gasteiger partial charge in [-0.25, -0.2) is 8.78 Å². The van der Waals surface area contributed by atoms with Crippen molar-refractivity contribution in [3.63, 3.8) is 0 Å². The van der Waals surface area contributed by atoms with E-state index < -0.39 is 11.6 Å². The third-order valence-corrected chi connectivity index (χ3v) is 1.59.